The highest BCUT2D eigenvalue weighted by Gasteiger charge is 2.40. The van der Waals surface area contributed by atoms with Gasteiger partial charge in [0, 0.05) is 20.1 Å². The summed E-state index contributed by atoms with van der Waals surface area (Å²) in [4.78, 5) is 2.67. The van der Waals surface area contributed by atoms with Gasteiger partial charge in [-0.15, -0.1) is 0 Å². The number of nitrogens with zero attached hydrogens (tertiary/aromatic N) is 3. The van der Waals surface area contributed by atoms with Gasteiger partial charge in [-0.05, 0) is 34.6 Å². The van der Waals surface area contributed by atoms with Crippen LogP contribution in [-0.2, 0) is 11.8 Å². The lowest BCUT2D eigenvalue weighted by Crippen LogP contribution is -2.58. The van der Waals surface area contributed by atoms with Gasteiger partial charge in [0.2, 0.25) is 0 Å². The van der Waals surface area contributed by atoms with Crippen LogP contribution in [0.2, 0.25) is 0 Å². The zero-order chi connectivity index (χ0) is 15.3. The summed E-state index contributed by atoms with van der Waals surface area (Å²) in [5.74, 6) is 0.986. The van der Waals surface area contributed by atoms with Crippen molar-refractivity contribution in [1.82, 2.24) is 9.78 Å². The molecule has 0 amide bonds. The predicted molar refractivity (Wildman–Crippen MR) is 85.3 cm³/mol. The van der Waals surface area contributed by atoms with Crippen LogP contribution in [0.3, 0.4) is 0 Å². The predicted octanol–water partition coefficient (Wildman–Crippen LogP) is 1.76. The van der Waals surface area contributed by atoms with E-state index in [1.54, 1.807) is 0 Å². The molecule has 1 saturated heterocycles. The summed E-state index contributed by atoms with van der Waals surface area (Å²) in [7, 11) is 1.93. The third kappa shape index (κ3) is 2.81. The molecule has 1 aromatic heterocycles. The minimum atomic E-state index is -0.229. The smallest absolute Gasteiger partial charge is 0.137 e. The van der Waals surface area contributed by atoms with Gasteiger partial charge >= 0.3 is 0 Å². The van der Waals surface area contributed by atoms with E-state index in [0.29, 0.717) is 4.99 Å². The summed E-state index contributed by atoms with van der Waals surface area (Å²) in [5, 5.41) is 4.47. The van der Waals surface area contributed by atoms with Gasteiger partial charge in [0.25, 0.3) is 0 Å². The summed E-state index contributed by atoms with van der Waals surface area (Å²) < 4.78 is 7.99. The number of aromatic nitrogens is 2. The Morgan fingerprint density at radius 2 is 1.75 bits per heavy atom. The number of thiocarbonyl (C=S) groups is 1. The molecule has 112 valence electrons. The molecule has 0 aromatic carbocycles. The highest BCUT2D eigenvalue weighted by Crippen LogP contribution is 2.33. The standard InChI is InChI=1S/C14H24N4OS/c1-9-10(11(15)20)12(17(6)16-9)18-7-13(2,3)19-14(4,5)8-18/h7-8H2,1-6H3,(H2,15,20). The van der Waals surface area contributed by atoms with E-state index in [9.17, 15) is 0 Å². The second-order valence-electron chi connectivity index (χ2n) is 6.75. The number of aryl methyl sites for hydroxylation is 2. The maximum Gasteiger partial charge on any atom is 0.137 e. The third-order valence-corrected chi connectivity index (χ3v) is 3.64. The molecule has 0 bridgehead atoms. The number of hydrogen-bond acceptors (Lipinski definition) is 4. The van der Waals surface area contributed by atoms with E-state index >= 15 is 0 Å². The highest BCUT2D eigenvalue weighted by molar-refractivity contribution is 7.80. The molecular formula is C14H24N4OS. The van der Waals surface area contributed by atoms with Crippen LogP contribution in [-0.4, -0.2) is 39.1 Å². The monoisotopic (exact) mass is 296 g/mol. The molecule has 2 heterocycles. The molecule has 1 aromatic rings. The molecule has 0 saturated carbocycles. The van der Waals surface area contributed by atoms with Gasteiger partial charge in [0.15, 0.2) is 0 Å². The molecule has 1 aliphatic rings. The second-order valence-corrected chi connectivity index (χ2v) is 7.19. The molecule has 0 spiro atoms. The number of anilines is 1. The molecule has 0 unspecified atom stereocenters. The van der Waals surface area contributed by atoms with Crippen molar-refractivity contribution in [2.24, 2.45) is 12.8 Å². The fourth-order valence-electron chi connectivity index (χ4n) is 3.23. The largest absolute Gasteiger partial charge is 0.389 e. The van der Waals surface area contributed by atoms with Gasteiger partial charge in [-0.2, -0.15) is 5.10 Å². The van der Waals surface area contributed by atoms with Crippen LogP contribution < -0.4 is 10.6 Å². The molecule has 0 radical (unpaired) electrons. The fourth-order valence-corrected chi connectivity index (χ4v) is 3.47. The van der Waals surface area contributed by atoms with Gasteiger partial charge in [0.1, 0.15) is 10.8 Å². The van der Waals surface area contributed by atoms with E-state index in [2.05, 4.69) is 37.7 Å². The Bertz CT molecular complexity index is 532. The SMILES string of the molecule is Cc1nn(C)c(N2CC(C)(C)OC(C)(C)C2)c1C(N)=S. The van der Waals surface area contributed by atoms with E-state index in [4.69, 9.17) is 22.7 Å². The lowest BCUT2D eigenvalue weighted by atomic mass is 9.98. The van der Waals surface area contributed by atoms with Crippen molar-refractivity contribution in [2.75, 3.05) is 18.0 Å². The summed E-state index contributed by atoms with van der Waals surface area (Å²) in [6.45, 7) is 11.9. The molecule has 1 fully saturated rings. The van der Waals surface area contributed by atoms with E-state index in [0.717, 1.165) is 30.2 Å². The van der Waals surface area contributed by atoms with Gasteiger partial charge < -0.3 is 15.4 Å². The first kappa shape index (κ1) is 15.3. The number of rotatable bonds is 2. The van der Waals surface area contributed by atoms with Gasteiger partial charge in [-0.1, -0.05) is 12.2 Å². The molecule has 20 heavy (non-hydrogen) atoms. The van der Waals surface area contributed by atoms with Gasteiger partial charge in [-0.3, -0.25) is 4.68 Å². The van der Waals surface area contributed by atoms with Crippen LogP contribution >= 0.6 is 12.2 Å². The van der Waals surface area contributed by atoms with Crippen LogP contribution in [0, 0.1) is 6.92 Å². The Morgan fingerprint density at radius 3 is 2.20 bits per heavy atom. The molecule has 0 atom stereocenters. The zero-order valence-corrected chi connectivity index (χ0v) is 14.0. The quantitative estimate of drug-likeness (QED) is 0.843. The molecule has 6 heteroatoms. The Kier molecular flexibility index (Phi) is 3.59. The normalized spacial score (nSPS) is 21.0. The van der Waals surface area contributed by atoms with E-state index in [-0.39, 0.29) is 11.2 Å². The van der Waals surface area contributed by atoms with Crippen LogP contribution in [0.5, 0.6) is 0 Å². The number of hydrogen-bond donors (Lipinski definition) is 1. The average molecular weight is 296 g/mol. The highest BCUT2D eigenvalue weighted by atomic mass is 32.1. The Labute approximate surface area is 126 Å². The molecular weight excluding hydrogens is 272 g/mol. The third-order valence-electron chi connectivity index (χ3n) is 3.43. The minimum Gasteiger partial charge on any atom is -0.389 e. The first-order chi connectivity index (χ1) is 9.02. The second kappa shape index (κ2) is 4.70. The van der Waals surface area contributed by atoms with Crippen molar-refractivity contribution in [3.05, 3.63) is 11.3 Å². The van der Waals surface area contributed by atoms with Crippen molar-refractivity contribution in [3.8, 4) is 0 Å². The number of morpholine rings is 1. The lowest BCUT2D eigenvalue weighted by Gasteiger charge is -2.48. The Morgan fingerprint density at radius 1 is 1.25 bits per heavy atom. The van der Waals surface area contributed by atoms with Crippen LogP contribution in [0.1, 0.15) is 39.0 Å². The first-order valence-corrected chi connectivity index (χ1v) is 7.22. The molecule has 0 aliphatic carbocycles. The summed E-state index contributed by atoms with van der Waals surface area (Å²) in [6, 6.07) is 0. The van der Waals surface area contributed by atoms with Crippen molar-refractivity contribution >= 4 is 23.0 Å². The molecule has 2 N–H and O–H groups in total. The fraction of sp³-hybridized carbons (Fsp3) is 0.714. The molecule has 5 nitrogen and oxygen atoms in total. The number of ether oxygens (including phenoxy) is 1. The topological polar surface area (TPSA) is 56.3 Å². The average Bonchev–Trinajstić information content (AvgIpc) is 2.48. The van der Waals surface area contributed by atoms with Crippen LogP contribution in [0.15, 0.2) is 0 Å². The maximum absolute atomic E-state index is 6.12. The maximum atomic E-state index is 6.12. The van der Waals surface area contributed by atoms with Crippen molar-refractivity contribution in [1.29, 1.82) is 0 Å². The Hall–Kier alpha value is -1.14. The summed E-state index contributed by atoms with van der Waals surface area (Å²) in [6.07, 6.45) is 0. The molecule has 2 rings (SSSR count). The number of nitrogens with two attached hydrogens (primary N) is 1. The van der Waals surface area contributed by atoms with Gasteiger partial charge in [-0.25, -0.2) is 0 Å². The van der Waals surface area contributed by atoms with Crippen molar-refractivity contribution < 1.29 is 4.74 Å². The van der Waals surface area contributed by atoms with Crippen LogP contribution in [0.25, 0.3) is 0 Å². The van der Waals surface area contributed by atoms with Crippen molar-refractivity contribution in [3.63, 3.8) is 0 Å². The minimum absolute atomic E-state index is 0.229. The van der Waals surface area contributed by atoms with E-state index in [1.807, 2.05) is 18.7 Å². The van der Waals surface area contributed by atoms with Gasteiger partial charge in [0.05, 0.1) is 22.5 Å². The lowest BCUT2D eigenvalue weighted by molar-refractivity contribution is -0.133. The summed E-state index contributed by atoms with van der Waals surface area (Å²) >= 11 is 5.20. The summed E-state index contributed by atoms with van der Waals surface area (Å²) in [5.41, 5.74) is 7.18. The van der Waals surface area contributed by atoms with E-state index < -0.39 is 0 Å². The van der Waals surface area contributed by atoms with Crippen LogP contribution in [0.4, 0.5) is 5.82 Å². The van der Waals surface area contributed by atoms with E-state index in [1.165, 1.54) is 0 Å². The Balaban J connectivity index is 2.48. The zero-order valence-electron chi connectivity index (χ0n) is 13.1. The van der Waals surface area contributed by atoms with Crippen molar-refractivity contribution in [2.45, 2.75) is 45.8 Å². The first-order valence-electron chi connectivity index (χ1n) is 6.81. The molecule has 1 aliphatic heterocycles.